The van der Waals surface area contributed by atoms with Crippen molar-refractivity contribution in [2.24, 2.45) is 0 Å². The van der Waals surface area contributed by atoms with E-state index in [1.165, 1.54) is 12.1 Å². The van der Waals surface area contributed by atoms with Crippen LogP contribution in [0.1, 0.15) is 0 Å². The topological polar surface area (TPSA) is 0 Å². The monoisotopic (exact) mass is 163 g/mol. The lowest BCUT2D eigenvalue weighted by Crippen LogP contribution is -1.73. The number of rotatable bonds is 0. The zero-order valence-electron chi connectivity index (χ0n) is 4.29. The van der Waals surface area contributed by atoms with E-state index >= 15 is 0 Å². The molecule has 0 heterocycles. The molecule has 0 amide bonds. The zero-order chi connectivity index (χ0) is 6.85. The second-order valence-electron chi connectivity index (χ2n) is 1.47. The minimum Gasteiger partial charge on any atom is -0.206 e. The third-order valence-electron chi connectivity index (χ3n) is 0.815. The summed E-state index contributed by atoms with van der Waals surface area (Å²) in [7, 11) is 0. The van der Waals surface area contributed by atoms with Gasteiger partial charge in [-0.15, -0.1) is 0 Å². The third kappa shape index (κ3) is 1.57. The van der Waals surface area contributed by atoms with Gasteiger partial charge in [0.1, 0.15) is 5.82 Å². The van der Waals surface area contributed by atoms with Crippen molar-refractivity contribution in [3.05, 3.63) is 34.1 Å². The van der Waals surface area contributed by atoms with Gasteiger partial charge in [-0.25, -0.2) is 4.39 Å². The minimum atomic E-state index is -0.496. The second-order valence-corrected chi connectivity index (χ2v) is 2.25. The van der Waals surface area contributed by atoms with E-state index in [-0.39, 0.29) is 5.02 Å². The van der Waals surface area contributed by atoms with Crippen LogP contribution in [-0.2, 0) is 0 Å². The van der Waals surface area contributed by atoms with Crippen LogP contribution in [0.25, 0.3) is 0 Å². The van der Waals surface area contributed by atoms with Crippen LogP contribution >= 0.6 is 23.2 Å². The Morgan fingerprint density at radius 3 is 2.44 bits per heavy atom. The molecule has 0 atom stereocenters. The fraction of sp³-hybridized carbons (Fsp3) is 0. The first-order valence-corrected chi connectivity index (χ1v) is 2.98. The van der Waals surface area contributed by atoms with Crippen molar-refractivity contribution in [3.63, 3.8) is 0 Å². The van der Waals surface area contributed by atoms with Crippen LogP contribution in [0.2, 0.25) is 10.0 Å². The van der Waals surface area contributed by atoms with Crippen molar-refractivity contribution in [2.75, 3.05) is 0 Å². The highest BCUT2D eigenvalue weighted by Crippen LogP contribution is 2.20. The number of hydrogen-bond acceptors (Lipinski definition) is 0. The Labute approximate surface area is 62.2 Å². The Balaban J connectivity index is 3.17. The predicted octanol–water partition coefficient (Wildman–Crippen LogP) is 2.93. The molecule has 0 nitrogen and oxygen atoms in total. The SMILES string of the molecule is Fc1[c]c(Cl)c(Cl)cc1. The Bertz CT molecular complexity index is 222. The summed E-state index contributed by atoms with van der Waals surface area (Å²) in [6, 6.07) is 4.79. The molecule has 1 radical (unpaired) electrons. The van der Waals surface area contributed by atoms with Crippen molar-refractivity contribution < 1.29 is 4.39 Å². The van der Waals surface area contributed by atoms with Gasteiger partial charge in [-0.3, -0.25) is 0 Å². The quantitative estimate of drug-likeness (QED) is 0.517. The van der Waals surface area contributed by atoms with Gasteiger partial charge < -0.3 is 0 Å². The molecule has 0 aliphatic heterocycles. The van der Waals surface area contributed by atoms with Crippen LogP contribution in [0.15, 0.2) is 12.1 Å². The Hall–Kier alpha value is -0.270. The van der Waals surface area contributed by atoms with Crippen molar-refractivity contribution in [1.82, 2.24) is 0 Å². The average Bonchev–Trinajstić information content (AvgIpc) is 1.80. The molecule has 3 heteroatoms. The van der Waals surface area contributed by atoms with E-state index in [4.69, 9.17) is 23.2 Å². The highest BCUT2D eigenvalue weighted by molar-refractivity contribution is 6.41. The van der Waals surface area contributed by atoms with Crippen LogP contribution < -0.4 is 0 Å². The highest BCUT2D eigenvalue weighted by atomic mass is 35.5. The number of hydrogen-bond donors (Lipinski definition) is 0. The van der Waals surface area contributed by atoms with Crippen LogP contribution in [0.3, 0.4) is 0 Å². The molecule has 0 fully saturated rings. The van der Waals surface area contributed by atoms with Gasteiger partial charge >= 0.3 is 0 Å². The Morgan fingerprint density at radius 2 is 2.00 bits per heavy atom. The van der Waals surface area contributed by atoms with E-state index in [2.05, 4.69) is 6.07 Å². The standard InChI is InChI=1S/C6H2Cl2F/c7-5-2-1-4(9)3-6(5)8/h1-2H. The molecule has 0 saturated heterocycles. The molecule has 0 bridgehead atoms. The molecule has 0 aliphatic rings. The molecule has 1 aromatic rings. The molecule has 1 aromatic carbocycles. The van der Waals surface area contributed by atoms with Gasteiger partial charge in [0.25, 0.3) is 0 Å². The third-order valence-corrected chi connectivity index (χ3v) is 1.52. The van der Waals surface area contributed by atoms with Crippen molar-refractivity contribution in [1.29, 1.82) is 0 Å². The number of benzene rings is 1. The average molecular weight is 164 g/mol. The van der Waals surface area contributed by atoms with Gasteiger partial charge in [0, 0.05) is 6.07 Å². The lowest BCUT2D eigenvalue weighted by atomic mass is 10.3. The molecule has 9 heavy (non-hydrogen) atoms. The van der Waals surface area contributed by atoms with Crippen LogP contribution in [-0.4, -0.2) is 0 Å². The molecule has 0 saturated carbocycles. The summed E-state index contributed by atoms with van der Waals surface area (Å²) in [5.41, 5.74) is 0. The van der Waals surface area contributed by atoms with Gasteiger partial charge in [0.15, 0.2) is 0 Å². The Morgan fingerprint density at radius 1 is 1.33 bits per heavy atom. The normalized spacial score (nSPS) is 9.67. The molecular weight excluding hydrogens is 162 g/mol. The van der Waals surface area contributed by atoms with Gasteiger partial charge in [0.05, 0.1) is 10.0 Å². The lowest BCUT2D eigenvalue weighted by molar-refractivity contribution is 0.625. The Kier molecular flexibility index (Phi) is 1.94. The maximum atomic E-state index is 12.1. The minimum absolute atomic E-state index is 0.122. The smallest absolute Gasteiger partial charge is 0.132 e. The van der Waals surface area contributed by atoms with Crippen LogP contribution in [0.4, 0.5) is 4.39 Å². The molecule has 0 aliphatic carbocycles. The summed E-state index contributed by atoms with van der Waals surface area (Å²) < 4.78 is 12.1. The molecule has 0 unspecified atom stereocenters. The van der Waals surface area contributed by atoms with E-state index in [0.29, 0.717) is 5.02 Å². The molecular formula is C6H2Cl2F. The molecule has 0 spiro atoms. The molecule has 0 aromatic heterocycles. The molecule has 1 rings (SSSR count). The largest absolute Gasteiger partial charge is 0.206 e. The maximum absolute atomic E-state index is 12.1. The number of halogens is 3. The lowest BCUT2D eigenvalue weighted by Gasteiger charge is -1.90. The fourth-order valence-corrected chi connectivity index (χ4v) is 0.689. The van der Waals surface area contributed by atoms with Crippen LogP contribution in [0.5, 0.6) is 0 Å². The van der Waals surface area contributed by atoms with Gasteiger partial charge in [-0.2, -0.15) is 0 Å². The summed E-state index contributed by atoms with van der Waals surface area (Å²) in [6.45, 7) is 0. The first kappa shape index (κ1) is 6.84. The summed E-state index contributed by atoms with van der Waals surface area (Å²) in [4.78, 5) is 0. The van der Waals surface area contributed by atoms with E-state index in [1.54, 1.807) is 0 Å². The van der Waals surface area contributed by atoms with E-state index in [0.717, 1.165) is 0 Å². The predicted molar refractivity (Wildman–Crippen MR) is 35.3 cm³/mol. The fourth-order valence-electron chi connectivity index (χ4n) is 0.426. The van der Waals surface area contributed by atoms with Crippen molar-refractivity contribution in [2.45, 2.75) is 0 Å². The summed E-state index contributed by atoms with van der Waals surface area (Å²) in [5.74, 6) is -0.496. The summed E-state index contributed by atoms with van der Waals surface area (Å²) >= 11 is 10.8. The highest BCUT2D eigenvalue weighted by Gasteiger charge is 1.97. The van der Waals surface area contributed by atoms with Gasteiger partial charge in [-0.05, 0) is 12.1 Å². The summed E-state index contributed by atoms with van der Waals surface area (Å²) in [5, 5.41) is 0.440. The van der Waals surface area contributed by atoms with Crippen molar-refractivity contribution >= 4 is 23.2 Å². The van der Waals surface area contributed by atoms with Gasteiger partial charge in [-0.1, -0.05) is 23.2 Å². The summed E-state index contributed by atoms with van der Waals surface area (Å²) in [6.07, 6.45) is 0. The maximum Gasteiger partial charge on any atom is 0.132 e. The first-order valence-electron chi connectivity index (χ1n) is 2.23. The second kappa shape index (κ2) is 2.54. The van der Waals surface area contributed by atoms with E-state index in [9.17, 15) is 4.39 Å². The van der Waals surface area contributed by atoms with E-state index in [1.807, 2.05) is 0 Å². The molecule has 47 valence electrons. The van der Waals surface area contributed by atoms with Gasteiger partial charge in [0.2, 0.25) is 0 Å². The first-order chi connectivity index (χ1) is 4.20. The van der Waals surface area contributed by atoms with Crippen molar-refractivity contribution in [3.8, 4) is 0 Å². The molecule has 0 N–H and O–H groups in total. The zero-order valence-corrected chi connectivity index (χ0v) is 5.80. The van der Waals surface area contributed by atoms with E-state index < -0.39 is 5.82 Å². The van der Waals surface area contributed by atoms with Crippen LogP contribution in [0, 0.1) is 11.9 Å².